The normalized spacial score (nSPS) is 10.6. The van der Waals surface area contributed by atoms with Crippen LogP contribution < -0.4 is 21.1 Å². The molecule has 3 rings (SSSR count). The first-order chi connectivity index (χ1) is 12.9. The molecule has 0 aliphatic rings. The maximum absolute atomic E-state index is 14.1. The summed E-state index contributed by atoms with van der Waals surface area (Å²) in [6.07, 6.45) is 1.37. The molecule has 0 atom stereocenters. The third-order valence-corrected chi connectivity index (χ3v) is 4.18. The highest BCUT2D eigenvalue weighted by Gasteiger charge is 2.11. The van der Waals surface area contributed by atoms with Gasteiger partial charge in [-0.1, -0.05) is 15.9 Å². The van der Waals surface area contributed by atoms with Crippen molar-refractivity contribution in [1.29, 1.82) is 0 Å². The number of aromatic nitrogens is 2. The van der Waals surface area contributed by atoms with Crippen LogP contribution in [0.2, 0.25) is 0 Å². The van der Waals surface area contributed by atoms with Crippen LogP contribution in [0.25, 0.3) is 10.9 Å². The molecule has 1 heterocycles. The van der Waals surface area contributed by atoms with Gasteiger partial charge in [0.15, 0.2) is 0 Å². The summed E-state index contributed by atoms with van der Waals surface area (Å²) in [5.74, 6) is 0.334. The molecule has 7 nitrogen and oxygen atoms in total. The van der Waals surface area contributed by atoms with Gasteiger partial charge in [-0.25, -0.2) is 14.4 Å². The number of hydrogen-bond donors (Lipinski definition) is 3. The number of halogens is 2. The Balaban J connectivity index is 1.85. The van der Waals surface area contributed by atoms with Crippen molar-refractivity contribution in [3.8, 4) is 5.75 Å². The molecule has 0 radical (unpaired) electrons. The molecule has 3 aromatic rings. The van der Waals surface area contributed by atoms with E-state index < -0.39 is 5.82 Å². The van der Waals surface area contributed by atoms with E-state index in [0.717, 1.165) is 0 Å². The fraction of sp³-hybridized carbons (Fsp3) is 0.167. The highest BCUT2D eigenvalue weighted by Crippen LogP contribution is 2.32. The van der Waals surface area contributed by atoms with E-state index in [1.807, 2.05) is 0 Å². The number of amides is 1. The van der Waals surface area contributed by atoms with Crippen LogP contribution in [0.3, 0.4) is 0 Å². The highest BCUT2D eigenvalue weighted by atomic mass is 79.9. The summed E-state index contributed by atoms with van der Waals surface area (Å²) in [7, 11) is 0. The van der Waals surface area contributed by atoms with Crippen molar-refractivity contribution in [2.24, 2.45) is 0 Å². The SMILES string of the molecule is CC(=O)NCCOc1cc2ncnc(Nc3ccc(Br)cc3F)c2cc1N. The van der Waals surface area contributed by atoms with Crippen molar-refractivity contribution < 1.29 is 13.9 Å². The molecule has 140 valence electrons. The van der Waals surface area contributed by atoms with Crippen LogP contribution in [-0.4, -0.2) is 29.0 Å². The van der Waals surface area contributed by atoms with E-state index >= 15 is 0 Å². The number of carbonyl (C=O) groups excluding carboxylic acids is 1. The molecule has 0 aliphatic carbocycles. The first-order valence-electron chi connectivity index (χ1n) is 8.07. The van der Waals surface area contributed by atoms with Gasteiger partial charge in [0.25, 0.3) is 0 Å². The molecule has 2 aromatic carbocycles. The Morgan fingerprint density at radius 2 is 2.11 bits per heavy atom. The number of nitrogens with two attached hydrogens (primary N) is 1. The average Bonchev–Trinajstić information content (AvgIpc) is 2.61. The Morgan fingerprint density at radius 3 is 2.85 bits per heavy atom. The number of nitrogens with one attached hydrogen (secondary N) is 2. The average molecular weight is 434 g/mol. The molecule has 0 bridgehead atoms. The number of ether oxygens (including phenoxy) is 1. The molecule has 0 saturated carbocycles. The summed E-state index contributed by atoms with van der Waals surface area (Å²) >= 11 is 3.23. The van der Waals surface area contributed by atoms with Crippen molar-refractivity contribution in [1.82, 2.24) is 15.3 Å². The fourth-order valence-corrected chi connectivity index (χ4v) is 2.76. The number of nitrogens with zero attached hydrogens (tertiary/aromatic N) is 2. The molecule has 0 aliphatic heterocycles. The zero-order valence-electron chi connectivity index (χ0n) is 14.4. The minimum atomic E-state index is -0.415. The van der Waals surface area contributed by atoms with Gasteiger partial charge in [0.05, 0.1) is 23.4 Å². The lowest BCUT2D eigenvalue weighted by molar-refractivity contribution is -0.119. The number of hydrogen-bond acceptors (Lipinski definition) is 6. The van der Waals surface area contributed by atoms with Crippen molar-refractivity contribution in [2.45, 2.75) is 6.92 Å². The molecule has 27 heavy (non-hydrogen) atoms. The van der Waals surface area contributed by atoms with Gasteiger partial charge in [-0.05, 0) is 24.3 Å². The molecular weight excluding hydrogens is 417 g/mol. The summed E-state index contributed by atoms with van der Waals surface area (Å²) < 4.78 is 20.3. The number of benzene rings is 2. The van der Waals surface area contributed by atoms with Crippen LogP contribution in [0.5, 0.6) is 5.75 Å². The van der Waals surface area contributed by atoms with Gasteiger partial charge in [0, 0.05) is 22.8 Å². The van der Waals surface area contributed by atoms with Crippen LogP contribution in [-0.2, 0) is 4.79 Å². The predicted molar refractivity (Wildman–Crippen MR) is 106 cm³/mol. The third-order valence-electron chi connectivity index (χ3n) is 3.68. The van der Waals surface area contributed by atoms with Gasteiger partial charge in [-0.2, -0.15) is 0 Å². The van der Waals surface area contributed by atoms with Crippen LogP contribution in [0, 0.1) is 5.82 Å². The Kier molecular flexibility index (Phi) is 5.70. The molecule has 9 heteroatoms. The topological polar surface area (TPSA) is 102 Å². The number of anilines is 3. The Labute approximate surface area is 163 Å². The van der Waals surface area contributed by atoms with Crippen molar-refractivity contribution in [3.63, 3.8) is 0 Å². The first-order valence-corrected chi connectivity index (χ1v) is 8.87. The van der Waals surface area contributed by atoms with Crippen LogP contribution in [0.4, 0.5) is 21.6 Å². The van der Waals surface area contributed by atoms with Gasteiger partial charge in [-0.3, -0.25) is 4.79 Å². The van der Waals surface area contributed by atoms with E-state index in [4.69, 9.17) is 10.5 Å². The second-order valence-corrected chi connectivity index (χ2v) is 6.63. The molecule has 0 spiro atoms. The molecule has 1 aromatic heterocycles. The van der Waals surface area contributed by atoms with Gasteiger partial charge in [0.1, 0.15) is 30.3 Å². The van der Waals surface area contributed by atoms with Crippen LogP contribution >= 0.6 is 15.9 Å². The van der Waals surface area contributed by atoms with Crippen molar-refractivity contribution >= 4 is 49.9 Å². The zero-order valence-corrected chi connectivity index (χ0v) is 16.0. The van der Waals surface area contributed by atoms with Crippen LogP contribution in [0.15, 0.2) is 41.1 Å². The number of nitrogen functional groups attached to an aromatic ring is 1. The molecule has 0 fully saturated rings. The van der Waals surface area contributed by atoms with Gasteiger partial charge in [-0.15, -0.1) is 0 Å². The standard InChI is InChI=1S/C18H17BrFN5O2/c1-10(26)22-4-5-27-17-8-16-12(7-14(17)21)18(24-9-23-16)25-15-3-2-11(19)6-13(15)20/h2-3,6-9H,4-5,21H2,1H3,(H,22,26)(H,23,24,25). The predicted octanol–water partition coefficient (Wildman–Crippen LogP) is 3.37. The molecule has 4 N–H and O–H groups in total. The number of carbonyl (C=O) groups is 1. The smallest absolute Gasteiger partial charge is 0.216 e. The quantitative estimate of drug-likeness (QED) is 0.406. The van der Waals surface area contributed by atoms with E-state index in [9.17, 15) is 9.18 Å². The highest BCUT2D eigenvalue weighted by molar-refractivity contribution is 9.10. The minimum absolute atomic E-state index is 0.131. The van der Waals surface area contributed by atoms with Gasteiger partial charge < -0.3 is 21.1 Å². The summed E-state index contributed by atoms with van der Waals surface area (Å²) in [4.78, 5) is 19.3. The Morgan fingerprint density at radius 1 is 1.30 bits per heavy atom. The molecule has 0 saturated heterocycles. The number of fused-ring (bicyclic) bond motifs is 1. The van der Waals surface area contributed by atoms with Crippen LogP contribution in [0.1, 0.15) is 6.92 Å². The van der Waals surface area contributed by atoms with Crippen molar-refractivity contribution in [3.05, 3.63) is 46.9 Å². The largest absolute Gasteiger partial charge is 0.490 e. The summed E-state index contributed by atoms with van der Waals surface area (Å²) in [5.41, 5.74) is 7.33. The van der Waals surface area contributed by atoms with Crippen molar-refractivity contribution in [2.75, 3.05) is 24.2 Å². The maximum atomic E-state index is 14.1. The molecule has 1 amide bonds. The Hall–Kier alpha value is -2.94. The lowest BCUT2D eigenvalue weighted by Crippen LogP contribution is -2.25. The molecular formula is C18H17BrFN5O2. The molecule has 0 unspecified atom stereocenters. The minimum Gasteiger partial charge on any atom is -0.490 e. The van der Waals surface area contributed by atoms with E-state index in [-0.39, 0.29) is 18.2 Å². The summed E-state index contributed by atoms with van der Waals surface area (Å²) in [5, 5.41) is 6.23. The lowest BCUT2D eigenvalue weighted by atomic mass is 10.2. The fourth-order valence-electron chi connectivity index (χ4n) is 2.43. The third kappa shape index (κ3) is 4.62. The second-order valence-electron chi connectivity index (χ2n) is 5.71. The maximum Gasteiger partial charge on any atom is 0.216 e. The lowest BCUT2D eigenvalue weighted by Gasteiger charge is -2.13. The van der Waals surface area contributed by atoms with E-state index in [0.29, 0.717) is 39.2 Å². The van der Waals surface area contributed by atoms with Gasteiger partial charge in [0.2, 0.25) is 5.91 Å². The monoisotopic (exact) mass is 433 g/mol. The summed E-state index contributed by atoms with van der Waals surface area (Å²) in [6.45, 7) is 2.08. The van der Waals surface area contributed by atoms with Gasteiger partial charge >= 0.3 is 0 Å². The zero-order chi connectivity index (χ0) is 19.4. The first kappa shape index (κ1) is 18.8. The summed E-state index contributed by atoms with van der Waals surface area (Å²) in [6, 6.07) is 8.05. The Bertz CT molecular complexity index is 999. The number of rotatable bonds is 6. The second kappa shape index (κ2) is 8.17. The van der Waals surface area contributed by atoms with E-state index in [2.05, 4.69) is 36.5 Å². The van der Waals surface area contributed by atoms with E-state index in [1.165, 1.54) is 19.3 Å². The van der Waals surface area contributed by atoms with E-state index in [1.54, 1.807) is 24.3 Å².